The lowest BCUT2D eigenvalue weighted by Gasteiger charge is -2.17. The van der Waals surface area contributed by atoms with E-state index in [0.717, 1.165) is 19.4 Å². The van der Waals surface area contributed by atoms with Crippen LogP contribution in [0.4, 0.5) is 0 Å². The minimum atomic E-state index is 0.293. The van der Waals surface area contributed by atoms with E-state index in [-0.39, 0.29) is 0 Å². The molecule has 2 aromatic rings. The molecule has 0 aliphatic heterocycles. The maximum absolute atomic E-state index is 5.12. The molecule has 20 heavy (non-hydrogen) atoms. The summed E-state index contributed by atoms with van der Waals surface area (Å²) in [6.07, 6.45) is 2.06. The van der Waals surface area contributed by atoms with E-state index in [2.05, 4.69) is 48.0 Å². The van der Waals surface area contributed by atoms with Gasteiger partial charge in [0.05, 0.1) is 12.6 Å². The van der Waals surface area contributed by atoms with Gasteiger partial charge in [-0.3, -0.25) is 0 Å². The first kappa shape index (κ1) is 15.2. The molecule has 3 heteroatoms. The number of thiophene rings is 1. The highest BCUT2D eigenvalue weighted by molar-refractivity contribution is 7.10. The zero-order chi connectivity index (χ0) is 14.4. The maximum atomic E-state index is 5.12. The number of hydrogen-bond acceptors (Lipinski definition) is 3. The van der Waals surface area contributed by atoms with Gasteiger partial charge in [0.1, 0.15) is 0 Å². The highest BCUT2D eigenvalue weighted by Crippen LogP contribution is 2.30. The second kappa shape index (κ2) is 7.58. The molecule has 0 radical (unpaired) electrons. The molecule has 0 amide bonds. The largest absolute Gasteiger partial charge is 0.384 e. The molecule has 0 saturated heterocycles. The minimum absolute atomic E-state index is 0.293. The first-order chi connectivity index (χ1) is 9.80. The predicted molar refractivity (Wildman–Crippen MR) is 86.6 cm³/mol. The smallest absolute Gasteiger partial charge is 0.0671 e. The second-order valence-electron chi connectivity index (χ2n) is 4.87. The van der Waals surface area contributed by atoms with Crippen LogP contribution in [0.1, 0.15) is 34.5 Å². The second-order valence-corrected chi connectivity index (χ2v) is 5.82. The third-order valence-corrected chi connectivity index (χ3v) is 4.64. The van der Waals surface area contributed by atoms with E-state index in [9.17, 15) is 0 Å². The summed E-state index contributed by atoms with van der Waals surface area (Å²) in [5.41, 5.74) is 4.09. The summed E-state index contributed by atoms with van der Waals surface area (Å²) < 4.78 is 5.12. The van der Waals surface area contributed by atoms with Crippen molar-refractivity contribution >= 4 is 11.3 Å². The van der Waals surface area contributed by atoms with Crippen molar-refractivity contribution in [2.24, 2.45) is 0 Å². The van der Waals surface area contributed by atoms with Crippen LogP contribution in [0.15, 0.2) is 35.7 Å². The fourth-order valence-electron chi connectivity index (χ4n) is 2.44. The quantitative estimate of drug-likeness (QED) is 0.837. The molecule has 1 aromatic carbocycles. The molecule has 1 atom stereocenters. The summed E-state index contributed by atoms with van der Waals surface area (Å²) in [6.45, 7) is 2.99. The average Bonchev–Trinajstić information content (AvgIpc) is 2.95. The molecule has 0 aliphatic rings. The Labute approximate surface area is 125 Å². The van der Waals surface area contributed by atoms with Gasteiger partial charge in [0.25, 0.3) is 0 Å². The van der Waals surface area contributed by atoms with Crippen LogP contribution in [-0.4, -0.2) is 20.8 Å². The summed E-state index contributed by atoms with van der Waals surface area (Å²) in [4.78, 5) is 1.43. The topological polar surface area (TPSA) is 21.3 Å². The van der Waals surface area contributed by atoms with Crippen LogP contribution < -0.4 is 5.32 Å². The van der Waals surface area contributed by atoms with Crippen LogP contribution in [0.2, 0.25) is 0 Å². The van der Waals surface area contributed by atoms with E-state index < -0.39 is 0 Å². The number of aryl methyl sites for hydroxylation is 1. The molecule has 2 nitrogen and oxygen atoms in total. The molecule has 1 aromatic heterocycles. The first-order valence-electron chi connectivity index (χ1n) is 7.11. The van der Waals surface area contributed by atoms with Crippen LogP contribution in [0.3, 0.4) is 0 Å². The summed E-state index contributed by atoms with van der Waals surface area (Å²) in [5, 5.41) is 5.63. The number of ether oxygens (including phenoxy) is 1. The zero-order valence-electron chi connectivity index (χ0n) is 12.5. The van der Waals surface area contributed by atoms with Crippen molar-refractivity contribution in [1.82, 2.24) is 5.32 Å². The van der Waals surface area contributed by atoms with Gasteiger partial charge >= 0.3 is 0 Å². The SMILES string of the molecule is CCc1ccsc1C(NC)c1ccc(CCOC)cc1. The Kier molecular flexibility index (Phi) is 5.77. The third kappa shape index (κ3) is 3.48. The lowest BCUT2D eigenvalue weighted by atomic mass is 10.00. The average molecular weight is 289 g/mol. The van der Waals surface area contributed by atoms with Gasteiger partial charge in [-0.1, -0.05) is 31.2 Å². The van der Waals surface area contributed by atoms with E-state index in [1.165, 1.54) is 21.6 Å². The third-order valence-electron chi connectivity index (χ3n) is 3.62. The van der Waals surface area contributed by atoms with Crippen molar-refractivity contribution in [2.45, 2.75) is 25.8 Å². The van der Waals surface area contributed by atoms with Crippen LogP contribution in [0, 0.1) is 0 Å². The van der Waals surface area contributed by atoms with E-state index in [4.69, 9.17) is 4.74 Å². The Balaban J connectivity index is 2.19. The van der Waals surface area contributed by atoms with Gasteiger partial charge in [-0.25, -0.2) is 0 Å². The number of rotatable bonds is 7. The number of hydrogen-bond donors (Lipinski definition) is 1. The molecule has 1 unspecified atom stereocenters. The van der Waals surface area contributed by atoms with Gasteiger partial charge < -0.3 is 10.1 Å². The Morgan fingerprint density at radius 1 is 1.20 bits per heavy atom. The van der Waals surface area contributed by atoms with Crippen molar-refractivity contribution < 1.29 is 4.74 Å². The highest BCUT2D eigenvalue weighted by Gasteiger charge is 2.16. The van der Waals surface area contributed by atoms with Crippen molar-refractivity contribution in [3.63, 3.8) is 0 Å². The predicted octanol–water partition coefficient (Wildman–Crippen LogP) is 3.81. The fraction of sp³-hybridized carbons (Fsp3) is 0.412. The number of methoxy groups -OCH3 is 1. The van der Waals surface area contributed by atoms with Gasteiger partial charge in [-0.2, -0.15) is 0 Å². The molecule has 1 heterocycles. The fourth-order valence-corrected chi connectivity index (χ4v) is 3.57. The molecule has 2 rings (SSSR count). The van der Waals surface area contributed by atoms with Gasteiger partial charge in [0, 0.05) is 12.0 Å². The molecule has 0 bridgehead atoms. The maximum Gasteiger partial charge on any atom is 0.0671 e. The molecule has 0 saturated carbocycles. The van der Waals surface area contributed by atoms with E-state index in [0.29, 0.717) is 6.04 Å². The number of nitrogens with one attached hydrogen (secondary N) is 1. The lowest BCUT2D eigenvalue weighted by Crippen LogP contribution is -2.17. The normalized spacial score (nSPS) is 12.6. The molecular weight excluding hydrogens is 266 g/mol. The standard InChI is InChI=1S/C17H23NOS/c1-4-14-10-12-20-17(14)16(18-2)15-7-5-13(6-8-15)9-11-19-3/h5-8,10,12,16,18H,4,9,11H2,1-3H3. The van der Waals surface area contributed by atoms with Crippen molar-refractivity contribution in [3.05, 3.63) is 57.3 Å². The summed E-state index contributed by atoms with van der Waals surface area (Å²) in [5.74, 6) is 0. The number of benzene rings is 1. The highest BCUT2D eigenvalue weighted by atomic mass is 32.1. The molecular formula is C17H23NOS. The van der Waals surface area contributed by atoms with Crippen molar-refractivity contribution in [3.8, 4) is 0 Å². The van der Waals surface area contributed by atoms with Crippen LogP contribution in [0.25, 0.3) is 0 Å². The Hall–Kier alpha value is -1.16. The Morgan fingerprint density at radius 2 is 1.95 bits per heavy atom. The zero-order valence-corrected chi connectivity index (χ0v) is 13.3. The summed E-state index contributed by atoms with van der Waals surface area (Å²) in [7, 11) is 3.77. The van der Waals surface area contributed by atoms with Crippen LogP contribution >= 0.6 is 11.3 Å². The van der Waals surface area contributed by atoms with Gasteiger partial charge in [0.2, 0.25) is 0 Å². The van der Waals surface area contributed by atoms with Crippen LogP contribution in [-0.2, 0) is 17.6 Å². The van der Waals surface area contributed by atoms with Crippen LogP contribution in [0.5, 0.6) is 0 Å². The molecule has 1 N–H and O–H groups in total. The first-order valence-corrected chi connectivity index (χ1v) is 7.99. The monoisotopic (exact) mass is 289 g/mol. The van der Waals surface area contributed by atoms with Gasteiger partial charge in [-0.15, -0.1) is 11.3 Å². The van der Waals surface area contributed by atoms with E-state index >= 15 is 0 Å². The Morgan fingerprint density at radius 3 is 2.55 bits per heavy atom. The lowest BCUT2D eigenvalue weighted by molar-refractivity contribution is 0.202. The molecule has 108 valence electrons. The summed E-state index contributed by atoms with van der Waals surface area (Å²) >= 11 is 1.84. The summed E-state index contributed by atoms with van der Waals surface area (Å²) in [6, 6.07) is 11.4. The van der Waals surface area contributed by atoms with Gasteiger partial charge in [-0.05, 0) is 48.0 Å². The molecule has 0 fully saturated rings. The van der Waals surface area contributed by atoms with E-state index in [1.54, 1.807) is 7.11 Å². The van der Waals surface area contributed by atoms with Crippen molar-refractivity contribution in [1.29, 1.82) is 0 Å². The molecule has 0 spiro atoms. The van der Waals surface area contributed by atoms with Gasteiger partial charge in [0.15, 0.2) is 0 Å². The van der Waals surface area contributed by atoms with Crippen molar-refractivity contribution in [2.75, 3.05) is 20.8 Å². The minimum Gasteiger partial charge on any atom is -0.384 e. The molecule has 0 aliphatic carbocycles. The Bertz CT molecular complexity index is 518. The van der Waals surface area contributed by atoms with E-state index in [1.807, 2.05) is 18.4 Å².